The third-order valence-electron chi connectivity index (χ3n) is 4.05. The summed E-state index contributed by atoms with van der Waals surface area (Å²) in [4.78, 5) is 15.2. The fraction of sp³-hybridized carbons (Fsp3) is 0.571. The minimum Gasteiger partial charge on any atom is -0.371 e. The van der Waals surface area contributed by atoms with Gasteiger partial charge in [0.05, 0.1) is 4.92 Å². The van der Waals surface area contributed by atoms with Crippen molar-refractivity contribution >= 4 is 27.3 Å². The summed E-state index contributed by atoms with van der Waals surface area (Å²) < 4.78 is 0. The number of halogens is 1. The van der Waals surface area contributed by atoms with Gasteiger partial charge in [0.2, 0.25) is 0 Å². The van der Waals surface area contributed by atoms with Crippen molar-refractivity contribution < 1.29 is 4.92 Å². The molecule has 5 nitrogen and oxygen atoms in total. The maximum Gasteiger partial charge on any atom is 0.273 e. The minimum absolute atomic E-state index is 0.183. The van der Waals surface area contributed by atoms with Gasteiger partial charge in [-0.15, -0.1) is 0 Å². The molecule has 0 saturated carbocycles. The topological polar surface area (TPSA) is 49.6 Å². The van der Waals surface area contributed by atoms with Crippen LogP contribution in [0.1, 0.15) is 18.4 Å². The third-order valence-corrected chi connectivity index (χ3v) is 4.65. The van der Waals surface area contributed by atoms with Gasteiger partial charge < -0.3 is 9.80 Å². The second kappa shape index (κ2) is 6.54. The molecule has 1 aliphatic heterocycles. The van der Waals surface area contributed by atoms with E-state index >= 15 is 0 Å². The molecule has 1 heterocycles. The molecule has 6 heteroatoms. The van der Waals surface area contributed by atoms with E-state index in [1.807, 2.05) is 12.1 Å². The summed E-state index contributed by atoms with van der Waals surface area (Å²) in [5.74, 6) is 0. The standard InChI is InChI=1S/C14H20BrN3O2/c1-16-7-5-12(6-8-16)17(2)13-3-4-14(18(19)20)11(9-13)10-15/h3-4,9,12H,5-8,10H2,1-2H3. The second-order valence-electron chi connectivity index (χ2n) is 5.35. The van der Waals surface area contributed by atoms with Crippen LogP contribution in [0.4, 0.5) is 11.4 Å². The van der Waals surface area contributed by atoms with Crippen molar-refractivity contribution in [1.29, 1.82) is 0 Å². The summed E-state index contributed by atoms with van der Waals surface area (Å²) in [5.41, 5.74) is 1.97. The number of benzene rings is 1. The van der Waals surface area contributed by atoms with Crippen molar-refractivity contribution in [2.45, 2.75) is 24.2 Å². The van der Waals surface area contributed by atoms with Gasteiger partial charge in [-0.05, 0) is 45.1 Å². The predicted octanol–water partition coefficient (Wildman–Crippen LogP) is 3.02. The highest BCUT2D eigenvalue weighted by atomic mass is 79.9. The van der Waals surface area contributed by atoms with Crippen molar-refractivity contribution in [3.8, 4) is 0 Å². The number of piperidine rings is 1. The van der Waals surface area contributed by atoms with E-state index in [2.05, 4.69) is 39.8 Å². The van der Waals surface area contributed by atoms with E-state index < -0.39 is 0 Å². The number of anilines is 1. The first-order valence-corrected chi connectivity index (χ1v) is 7.89. The molecule has 1 aromatic carbocycles. The maximum absolute atomic E-state index is 11.0. The molecule has 1 aliphatic rings. The van der Waals surface area contributed by atoms with E-state index in [4.69, 9.17) is 0 Å². The molecule has 0 spiro atoms. The molecular formula is C14H20BrN3O2. The monoisotopic (exact) mass is 341 g/mol. The molecule has 0 radical (unpaired) electrons. The molecule has 1 saturated heterocycles. The molecule has 0 aliphatic carbocycles. The Hall–Kier alpha value is -1.14. The molecule has 0 unspecified atom stereocenters. The molecule has 1 fully saturated rings. The van der Waals surface area contributed by atoms with Crippen LogP contribution in [0.3, 0.4) is 0 Å². The lowest BCUT2D eigenvalue weighted by atomic mass is 10.0. The first kappa shape index (κ1) is 15.3. The van der Waals surface area contributed by atoms with Crippen LogP contribution in [0.5, 0.6) is 0 Å². The summed E-state index contributed by atoms with van der Waals surface area (Å²) in [7, 11) is 4.22. The Morgan fingerprint density at radius 1 is 1.45 bits per heavy atom. The Kier molecular flexibility index (Phi) is 4.99. The fourth-order valence-corrected chi connectivity index (χ4v) is 3.12. The molecule has 110 valence electrons. The number of rotatable bonds is 4. The zero-order chi connectivity index (χ0) is 14.7. The second-order valence-corrected chi connectivity index (χ2v) is 5.91. The number of nitro groups is 1. The summed E-state index contributed by atoms with van der Waals surface area (Å²) in [6.07, 6.45) is 2.27. The highest BCUT2D eigenvalue weighted by molar-refractivity contribution is 9.08. The first-order valence-electron chi connectivity index (χ1n) is 6.77. The SMILES string of the molecule is CN1CCC(N(C)c2ccc([N+](=O)[O-])c(CBr)c2)CC1. The molecule has 1 aromatic rings. The number of nitro benzene ring substituents is 1. The van der Waals surface area contributed by atoms with Crippen LogP contribution < -0.4 is 4.90 Å². The lowest BCUT2D eigenvalue weighted by Crippen LogP contribution is -2.42. The van der Waals surface area contributed by atoms with Gasteiger partial charge in [-0.25, -0.2) is 0 Å². The minimum atomic E-state index is -0.323. The average molecular weight is 342 g/mol. The van der Waals surface area contributed by atoms with Crippen molar-refractivity contribution in [2.24, 2.45) is 0 Å². The number of hydrogen-bond acceptors (Lipinski definition) is 4. The Morgan fingerprint density at radius 3 is 2.65 bits per heavy atom. The van der Waals surface area contributed by atoms with Crippen LogP contribution in [-0.4, -0.2) is 43.0 Å². The molecular weight excluding hydrogens is 322 g/mol. The van der Waals surface area contributed by atoms with Gasteiger partial charge in [-0.1, -0.05) is 15.9 Å². The highest BCUT2D eigenvalue weighted by Gasteiger charge is 2.22. The van der Waals surface area contributed by atoms with Crippen LogP contribution in [0, 0.1) is 10.1 Å². The molecule has 2 rings (SSSR count). The van der Waals surface area contributed by atoms with Gasteiger partial charge in [-0.3, -0.25) is 10.1 Å². The van der Waals surface area contributed by atoms with Gasteiger partial charge in [0, 0.05) is 35.7 Å². The quantitative estimate of drug-likeness (QED) is 0.479. The molecule has 0 bridgehead atoms. The first-order chi connectivity index (χ1) is 9.52. The van der Waals surface area contributed by atoms with Crippen molar-refractivity contribution in [1.82, 2.24) is 4.90 Å². The van der Waals surface area contributed by atoms with Gasteiger partial charge in [0.25, 0.3) is 5.69 Å². The number of nitrogens with zero attached hydrogens (tertiary/aromatic N) is 3. The Morgan fingerprint density at radius 2 is 2.10 bits per heavy atom. The Labute approximate surface area is 127 Å². The zero-order valence-corrected chi connectivity index (χ0v) is 13.5. The van der Waals surface area contributed by atoms with E-state index in [-0.39, 0.29) is 10.6 Å². The van der Waals surface area contributed by atoms with Crippen LogP contribution in [-0.2, 0) is 5.33 Å². The predicted molar refractivity (Wildman–Crippen MR) is 84.6 cm³/mol. The molecule has 0 amide bonds. The van der Waals surface area contributed by atoms with E-state index in [9.17, 15) is 10.1 Å². The molecule has 0 aromatic heterocycles. The number of likely N-dealkylation sites (tertiary alicyclic amines) is 1. The highest BCUT2D eigenvalue weighted by Crippen LogP contribution is 2.28. The normalized spacial score (nSPS) is 17.1. The third kappa shape index (κ3) is 3.30. The van der Waals surface area contributed by atoms with Gasteiger partial charge >= 0.3 is 0 Å². The number of alkyl halides is 1. The van der Waals surface area contributed by atoms with E-state index in [0.717, 1.165) is 37.2 Å². The maximum atomic E-state index is 11.0. The summed E-state index contributed by atoms with van der Waals surface area (Å²) >= 11 is 3.33. The van der Waals surface area contributed by atoms with Crippen LogP contribution in [0.15, 0.2) is 18.2 Å². The van der Waals surface area contributed by atoms with E-state index in [1.54, 1.807) is 6.07 Å². The Balaban J connectivity index is 2.18. The van der Waals surface area contributed by atoms with Crippen molar-refractivity contribution in [3.05, 3.63) is 33.9 Å². The summed E-state index contributed by atoms with van der Waals surface area (Å²) in [6.45, 7) is 2.21. The van der Waals surface area contributed by atoms with Crippen molar-refractivity contribution in [2.75, 3.05) is 32.1 Å². The summed E-state index contributed by atoms with van der Waals surface area (Å²) in [5, 5.41) is 11.5. The molecule has 0 N–H and O–H groups in total. The largest absolute Gasteiger partial charge is 0.371 e. The van der Waals surface area contributed by atoms with E-state index in [1.165, 1.54) is 0 Å². The zero-order valence-electron chi connectivity index (χ0n) is 11.9. The van der Waals surface area contributed by atoms with Crippen LogP contribution in [0.2, 0.25) is 0 Å². The lowest BCUT2D eigenvalue weighted by molar-refractivity contribution is -0.385. The van der Waals surface area contributed by atoms with Crippen molar-refractivity contribution in [3.63, 3.8) is 0 Å². The van der Waals surface area contributed by atoms with Gasteiger partial charge in [-0.2, -0.15) is 0 Å². The molecule has 20 heavy (non-hydrogen) atoms. The van der Waals surface area contributed by atoms with Gasteiger partial charge in [0.1, 0.15) is 0 Å². The van der Waals surface area contributed by atoms with Crippen LogP contribution >= 0.6 is 15.9 Å². The lowest BCUT2D eigenvalue weighted by Gasteiger charge is -2.36. The molecule has 0 atom stereocenters. The number of hydrogen-bond donors (Lipinski definition) is 0. The van der Waals surface area contributed by atoms with Crippen LogP contribution in [0.25, 0.3) is 0 Å². The van der Waals surface area contributed by atoms with Gasteiger partial charge in [0.15, 0.2) is 0 Å². The fourth-order valence-electron chi connectivity index (χ4n) is 2.67. The Bertz CT molecular complexity index is 487. The summed E-state index contributed by atoms with van der Waals surface area (Å²) in [6, 6.07) is 5.89. The smallest absolute Gasteiger partial charge is 0.273 e. The average Bonchev–Trinajstić information content (AvgIpc) is 2.46. The van der Waals surface area contributed by atoms with E-state index in [0.29, 0.717) is 11.4 Å².